The van der Waals surface area contributed by atoms with Crippen molar-refractivity contribution in [2.45, 2.75) is 19.8 Å². The van der Waals surface area contributed by atoms with E-state index in [9.17, 15) is 9.59 Å². The summed E-state index contributed by atoms with van der Waals surface area (Å²) in [6.07, 6.45) is 4.80. The molecule has 0 saturated heterocycles. The van der Waals surface area contributed by atoms with Gasteiger partial charge in [-0.25, -0.2) is 9.59 Å². The van der Waals surface area contributed by atoms with Crippen molar-refractivity contribution in [2.75, 3.05) is 6.61 Å². The fraction of sp³-hybridized carbons (Fsp3) is 0.235. The second-order valence-electron chi connectivity index (χ2n) is 4.80. The van der Waals surface area contributed by atoms with E-state index >= 15 is 0 Å². The monoisotopic (exact) mass is 377 g/mol. The summed E-state index contributed by atoms with van der Waals surface area (Å²) in [5.41, 5.74) is 0.757. The van der Waals surface area contributed by atoms with Crippen LogP contribution < -0.4 is 4.74 Å². The first-order valence-corrected chi connectivity index (χ1v) is 7.99. The smallest absolute Gasteiger partial charge is 0.345 e. The third kappa shape index (κ3) is 5.17. The van der Waals surface area contributed by atoms with Crippen LogP contribution in [0.2, 0.25) is 0 Å². The van der Waals surface area contributed by atoms with Crippen LogP contribution in [0.15, 0.2) is 47.2 Å². The second kappa shape index (κ2) is 8.43. The molecule has 0 atom stereocenters. The molecule has 1 aromatic heterocycles. The number of unbranched alkanes of at least 4 members (excludes halogenated alkanes) is 1. The molecule has 0 radical (unpaired) electrons. The molecule has 2 rings (SSSR count). The molecule has 0 fully saturated rings. The molecule has 23 heavy (non-hydrogen) atoms. The Labute approximate surface area is 142 Å². The summed E-state index contributed by atoms with van der Waals surface area (Å²) in [5, 5.41) is 0. The number of nitrogens with zero attached hydrogens (tertiary/aromatic N) is 1. The van der Waals surface area contributed by atoms with Crippen LogP contribution in [0.3, 0.4) is 0 Å². The molecule has 0 aliphatic rings. The average Bonchev–Trinajstić information content (AvgIpc) is 2.55. The number of carbonyl (C=O) groups excluding carboxylic acids is 2. The van der Waals surface area contributed by atoms with Gasteiger partial charge >= 0.3 is 11.9 Å². The van der Waals surface area contributed by atoms with Gasteiger partial charge in [0.25, 0.3) is 0 Å². The molecule has 0 aliphatic heterocycles. The van der Waals surface area contributed by atoms with Gasteiger partial charge in [0, 0.05) is 16.9 Å². The maximum atomic E-state index is 12.0. The van der Waals surface area contributed by atoms with Gasteiger partial charge < -0.3 is 9.47 Å². The first-order valence-electron chi connectivity index (χ1n) is 7.20. The number of halogens is 1. The predicted molar refractivity (Wildman–Crippen MR) is 88.5 cm³/mol. The molecule has 2 aromatic rings. The van der Waals surface area contributed by atoms with Gasteiger partial charge in [-0.05, 0) is 52.7 Å². The first-order chi connectivity index (χ1) is 11.1. The summed E-state index contributed by atoms with van der Waals surface area (Å²) in [6.45, 7) is 2.43. The highest BCUT2D eigenvalue weighted by atomic mass is 79.9. The molecule has 1 heterocycles. The van der Waals surface area contributed by atoms with Gasteiger partial charge in [-0.1, -0.05) is 13.3 Å². The normalized spacial score (nSPS) is 10.2. The van der Waals surface area contributed by atoms with Crippen LogP contribution in [0.4, 0.5) is 0 Å². The zero-order valence-electron chi connectivity index (χ0n) is 12.6. The first kappa shape index (κ1) is 17.1. The van der Waals surface area contributed by atoms with E-state index in [1.54, 1.807) is 36.5 Å². The van der Waals surface area contributed by atoms with E-state index in [1.807, 2.05) is 6.92 Å². The number of esters is 2. The van der Waals surface area contributed by atoms with Gasteiger partial charge in [-0.3, -0.25) is 4.98 Å². The van der Waals surface area contributed by atoms with Crippen molar-refractivity contribution in [3.63, 3.8) is 0 Å². The quantitative estimate of drug-likeness (QED) is 0.432. The van der Waals surface area contributed by atoms with Gasteiger partial charge in [-0.15, -0.1) is 0 Å². The van der Waals surface area contributed by atoms with E-state index in [1.165, 1.54) is 6.20 Å². The SMILES string of the molecule is CCCCOC(=O)c1ccc(OC(=O)c2cncc(Br)c2)cc1. The molecule has 5 nitrogen and oxygen atoms in total. The van der Waals surface area contributed by atoms with Gasteiger partial charge in [0.1, 0.15) is 5.75 Å². The molecule has 0 aliphatic carbocycles. The van der Waals surface area contributed by atoms with Crippen molar-refractivity contribution in [3.05, 3.63) is 58.3 Å². The molecule has 0 spiro atoms. The minimum Gasteiger partial charge on any atom is -0.462 e. The Kier molecular flexibility index (Phi) is 6.29. The lowest BCUT2D eigenvalue weighted by Crippen LogP contribution is -2.09. The van der Waals surface area contributed by atoms with Crippen LogP contribution in [-0.2, 0) is 4.74 Å². The Morgan fingerprint density at radius 3 is 2.48 bits per heavy atom. The number of hydrogen-bond acceptors (Lipinski definition) is 5. The molecule has 6 heteroatoms. The number of carbonyl (C=O) groups is 2. The van der Waals surface area contributed by atoms with E-state index in [0.29, 0.717) is 28.0 Å². The maximum Gasteiger partial charge on any atom is 0.345 e. The van der Waals surface area contributed by atoms with Crippen molar-refractivity contribution in [1.82, 2.24) is 4.98 Å². The fourth-order valence-corrected chi connectivity index (χ4v) is 2.11. The zero-order chi connectivity index (χ0) is 16.7. The number of rotatable bonds is 6. The highest BCUT2D eigenvalue weighted by molar-refractivity contribution is 9.10. The highest BCUT2D eigenvalue weighted by Gasteiger charge is 2.11. The predicted octanol–water partition coefficient (Wildman–Crippen LogP) is 4.02. The Morgan fingerprint density at radius 1 is 1.09 bits per heavy atom. The van der Waals surface area contributed by atoms with Crippen molar-refractivity contribution >= 4 is 27.9 Å². The fourth-order valence-electron chi connectivity index (χ4n) is 1.74. The van der Waals surface area contributed by atoms with E-state index in [4.69, 9.17) is 9.47 Å². The molecule has 0 amide bonds. The summed E-state index contributed by atoms with van der Waals surface area (Å²) in [4.78, 5) is 27.7. The lowest BCUT2D eigenvalue weighted by atomic mass is 10.2. The lowest BCUT2D eigenvalue weighted by molar-refractivity contribution is 0.0499. The van der Waals surface area contributed by atoms with E-state index < -0.39 is 5.97 Å². The Bertz CT molecular complexity index is 685. The molecule has 0 unspecified atom stereocenters. The number of aromatic nitrogens is 1. The molecule has 0 N–H and O–H groups in total. The summed E-state index contributed by atoms with van der Waals surface area (Å²) in [6, 6.07) is 7.86. The van der Waals surface area contributed by atoms with Crippen molar-refractivity contribution < 1.29 is 19.1 Å². The van der Waals surface area contributed by atoms with E-state index in [-0.39, 0.29) is 5.97 Å². The topological polar surface area (TPSA) is 65.5 Å². The third-order valence-corrected chi connectivity index (χ3v) is 3.41. The van der Waals surface area contributed by atoms with E-state index in [2.05, 4.69) is 20.9 Å². The molecule has 0 bridgehead atoms. The number of pyridine rings is 1. The van der Waals surface area contributed by atoms with Crippen LogP contribution >= 0.6 is 15.9 Å². The van der Waals surface area contributed by atoms with Crippen molar-refractivity contribution in [3.8, 4) is 5.75 Å². The second-order valence-corrected chi connectivity index (χ2v) is 5.71. The largest absolute Gasteiger partial charge is 0.462 e. The van der Waals surface area contributed by atoms with Gasteiger partial charge in [0.05, 0.1) is 17.7 Å². The lowest BCUT2D eigenvalue weighted by Gasteiger charge is -2.06. The van der Waals surface area contributed by atoms with Crippen LogP contribution in [0.5, 0.6) is 5.75 Å². The van der Waals surface area contributed by atoms with Crippen molar-refractivity contribution in [1.29, 1.82) is 0 Å². The summed E-state index contributed by atoms with van der Waals surface area (Å²) in [5.74, 6) is -0.551. The molecule has 120 valence electrons. The van der Waals surface area contributed by atoms with Crippen LogP contribution in [0.1, 0.15) is 40.5 Å². The van der Waals surface area contributed by atoms with Crippen molar-refractivity contribution in [2.24, 2.45) is 0 Å². The zero-order valence-corrected chi connectivity index (χ0v) is 14.2. The van der Waals surface area contributed by atoms with Crippen LogP contribution in [0.25, 0.3) is 0 Å². The van der Waals surface area contributed by atoms with Gasteiger partial charge in [-0.2, -0.15) is 0 Å². The third-order valence-electron chi connectivity index (χ3n) is 2.97. The van der Waals surface area contributed by atoms with Gasteiger partial charge in [0.15, 0.2) is 0 Å². The van der Waals surface area contributed by atoms with Gasteiger partial charge in [0.2, 0.25) is 0 Å². The average molecular weight is 378 g/mol. The molecular weight excluding hydrogens is 362 g/mol. The van der Waals surface area contributed by atoms with Crippen LogP contribution in [-0.4, -0.2) is 23.5 Å². The summed E-state index contributed by atoms with van der Waals surface area (Å²) >= 11 is 3.25. The molecule has 1 aromatic carbocycles. The van der Waals surface area contributed by atoms with E-state index in [0.717, 1.165) is 12.8 Å². The minimum atomic E-state index is -0.517. The minimum absolute atomic E-state index is 0.336. The number of benzene rings is 1. The standard InChI is InChI=1S/C17H16BrNO4/c1-2-3-8-22-16(20)12-4-6-15(7-5-12)23-17(21)13-9-14(18)11-19-10-13/h4-7,9-11H,2-3,8H2,1H3. The molecular formula is C17H16BrNO4. The Balaban J connectivity index is 1.97. The van der Waals surface area contributed by atoms with Crippen LogP contribution in [0, 0.1) is 0 Å². The number of hydrogen-bond donors (Lipinski definition) is 0. The Hall–Kier alpha value is -2.21. The highest BCUT2D eigenvalue weighted by Crippen LogP contribution is 2.16. The molecule has 0 saturated carbocycles. The number of ether oxygens (including phenoxy) is 2. The maximum absolute atomic E-state index is 12.0. The summed E-state index contributed by atoms with van der Waals surface area (Å²) in [7, 11) is 0. The summed E-state index contributed by atoms with van der Waals surface area (Å²) < 4.78 is 11.0. The Morgan fingerprint density at radius 2 is 1.83 bits per heavy atom.